The van der Waals surface area contributed by atoms with Crippen LogP contribution >= 0.6 is 11.6 Å². The quantitative estimate of drug-likeness (QED) is 0.841. The number of carboxylic acid groups (broad SMARTS) is 1. The lowest BCUT2D eigenvalue weighted by Gasteiger charge is -2.19. The third kappa shape index (κ3) is 4.21. The number of carbonyl (C=O) groups excluding carboxylic acids is 1. The van der Waals surface area contributed by atoms with Crippen molar-refractivity contribution in [1.82, 2.24) is 9.88 Å². The van der Waals surface area contributed by atoms with Gasteiger partial charge in [0.1, 0.15) is 5.15 Å². The predicted molar refractivity (Wildman–Crippen MR) is 72.4 cm³/mol. The van der Waals surface area contributed by atoms with Gasteiger partial charge in [0, 0.05) is 24.8 Å². The molecule has 0 fully saturated rings. The van der Waals surface area contributed by atoms with Gasteiger partial charge in [-0.25, -0.2) is 4.98 Å². The molecule has 1 rings (SSSR count). The van der Waals surface area contributed by atoms with Gasteiger partial charge < -0.3 is 10.0 Å². The molecular formula is C13H17ClN2O3. The van der Waals surface area contributed by atoms with E-state index >= 15 is 0 Å². The van der Waals surface area contributed by atoms with Crippen molar-refractivity contribution in [3.8, 4) is 0 Å². The second kappa shape index (κ2) is 6.52. The van der Waals surface area contributed by atoms with Crippen molar-refractivity contribution in [1.29, 1.82) is 0 Å². The number of carboxylic acids is 1. The Kier molecular flexibility index (Phi) is 5.30. The second-order valence-electron chi connectivity index (χ2n) is 4.45. The van der Waals surface area contributed by atoms with Gasteiger partial charge in [0.05, 0.1) is 5.92 Å². The molecule has 0 aliphatic carbocycles. The first-order valence-electron chi connectivity index (χ1n) is 5.99. The molecule has 1 unspecified atom stereocenters. The van der Waals surface area contributed by atoms with Crippen LogP contribution in [0.4, 0.5) is 0 Å². The maximum Gasteiger partial charge on any atom is 0.308 e. The average molecular weight is 285 g/mol. The second-order valence-corrected chi connectivity index (χ2v) is 4.84. The van der Waals surface area contributed by atoms with Crippen LogP contribution in [-0.2, 0) is 11.2 Å². The molecule has 104 valence electrons. The fourth-order valence-electron chi connectivity index (χ4n) is 1.65. The lowest BCUT2D eigenvalue weighted by molar-refractivity contribution is -0.141. The number of amides is 1. The zero-order chi connectivity index (χ0) is 14.6. The minimum Gasteiger partial charge on any atom is -0.481 e. The molecule has 0 aliphatic rings. The van der Waals surface area contributed by atoms with Crippen molar-refractivity contribution in [2.24, 2.45) is 5.92 Å². The summed E-state index contributed by atoms with van der Waals surface area (Å²) in [5.74, 6) is -1.80. The van der Waals surface area contributed by atoms with E-state index in [0.717, 1.165) is 5.69 Å². The largest absolute Gasteiger partial charge is 0.481 e. The zero-order valence-corrected chi connectivity index (χ0v) is 11.9. The molecule has 6 heteroatoms. The van der Waals surface area contributed by atoms with E-state index in [0.29, 0.717) is 12.0 Å². The van der Waals surface area contributed by atoms with Crippen LogP contribution in [0.2, 0.25) is 5.15 Å². The van der Waals surface area contributed by atoms with Gasteiger partial charge in [-0.05, 0) is 18.6 Å². The number of aromatic nitrogens is 1. The number of halogens is 1. The standard InChI is InChI=1S/C13H17ClN2O3/c1-4-10-5-9(6-11(14)15-10)12(17)16(3)7-8(2)13(18)19/h5-6,8H,4,7H2,1-3H3,(H,18,19). The molecule has 0 aromatic carbocycles. The number of carbonyl (C=O) groups is 2. The highest BCUT2D eigenvalue weighted by Crippen LogP contribution is 2.14. The Morgan fingerprint density at radius 2 is 2.11 bits per heavy atom. The van der Waals surface area contributed by atoms with Crippen molar-refractivity contribution in [3.63, 3.8) is 0 Å². The van der Waals surface area contributed by atoms with E-state index in [1.807, 2.05) is 6.92 Å². The van der Waals surface area contributed by atoms with Gasteiger partial charge in [-0.2, -0.15) is 0 Å². The van der Waals surface area contributed by atoms with Crippen molar-refractivity contribution in [3.05, 3.63) is 28.5 Å². The molecule has 1 amide bonds. The number of hydrogen-bond acceptors (Lipinski definition) is 3. The average Bonchev–Trinajstić information content (AvgIpc) is 2.36. The molecule has 0 aliphatic heterocycles. The molecule has 5 nitrogen and oxygen atoms in total. The molecule has 1 N–H and O–H groups in total. The van der Waals surface area contributed by atoms with E-state index in [2.05, 4.69) is 4.98 Å². The Bertz CT molecular complexity index is 491. The first-order valence-corrected chi connectivity index (χ1v) is 6.37. The maximum atomic E-state index is 12.2. The first-order chi connectivity index (χ1) is 8.85. The highest BCUT2D eigenvalue weighted by Gasteiger charge is 2.19. The molecule has 1 atom stereocenters. The fourth-order valence-corrected chi connectivity index (χ4v) is 1.87. The van der Waals surface area contributed by atoms with Gasteiger partial charge >= 0.3 is 5.97 Å². The van der Waals surface area contributed by atoms with Crippen LogP contribution in [0.1, 0.15) is 29.9 Å². The molecule has 1 aromatic heterocycles. The summed E-state index contributed by atoms with van der Waals surface area (Å²) in [5, 5.41) is 9.11. The zero-order valence-electron chi connectivity index (χ0n) is 11.2. The summed E-state index contributed by atoms with van der Waals surface area (Å²) in [6.45, 7) is 3.63. The van der Waals surface area contributed by atoms with Crippen LogP contribution in [0, 0.1) is 5.92 Å². The number of nitrogens with zero attached hydrogens (tertiary/aromatic N) is 2. The Labute approximate surface area is 117 Å². The van der Waals surface area contributed by atoms with Crippen molar-refractivity contribution >= 4 is 23.5 Å². The molecule has 0 bridgehead atoms. The van der Waals surface area contributed by atoms with E-state index in [9.17, 15) is 9.59 Å². The number of hydrogen-bond donors (Lipinski definition) is 1. The Morgan fingerprint density at radius 3 is 2.63 bits per heavy atom. The van der Waals surface area contributed by atoms with Crippen molar-refractivity contribution in [2.75, 3.05) is 13.6 Å². The van der Waals surface area contributed by atoms with Crippen LogP contribution in [-0.4, -0.2) is 40.5 Å². The van der Waals surface area contributed by atoms with Gasteiger partial charge in [0.25, 0.3) is 5.91 Å². The molecule has 0 radical (unpaired) electrons. The number of aliphatic carboxylic acids is 1. The van der Waals surface area contributed by atoms with Crippen LogP contribution in [0.3, 0.4) is 0 Å². The van der Waals surface area contributed by atoms with Gasteiger partial charge in [0.2, 0.25) is 0 Å². The highest BCUT2D eigenvalue weighted by molar-refractivity contribution is 6.29. The smallest absolute Gasteiger partial charge is 0.308 e. The lowest BCUT2D eigenvalue weighted by Crippen LogP contribution is -2.33. The molecule has 19 heavy (non-hydrogen) atoms. The Balaban J connectivity index is 2.87. The van der Waals surface area contributed by atoms with Crippen LogP contribution in [0.15, 0.2) is 12.1 Å². The van der Waals surface area contributed by atoms with Crippen molar-refractivity contribution in [2.45, 2.75) is 20.3 Å². The third-order valence-electron chi connectivity index (χ3n) is 2.77. The lowest BCUT2D eigenvalue weighted by atomic mass is 10.1. The molecule has 1 aromatic rings. The fraction of sp³-hybridized carbons (Fsp3) is 0.462. The monoisotopic (exact) mass is 284 g/mol. The maximum absolute atomic E-state index is 12.2. The van der Waals surface area contributed by atoms with E-state index in [1.165, 1.54) is 11.0 Å². The summed E-state index contributed by atoms with van der Waals surface area (Å²) >= 11 is 5.86. The summed E-state index contributed by atoms with van der Waals surface area (Å²) in [6, 6.07) is 3.17. The van der Waals surface area contributed by atoms with E-state index in [1.54, 1.807) is 20.0 Å². The SMILES string of the molecule is CCc1cc(C(=O)N(C)CC(C)C(=O)O)cc(Cl)n1. The number of rotatable bonds is 5. The van der Waals surface area contributed by atoms with E-state index in [-0.39, 0.29) is 17.6 Å². The molecule has 0 spiro atoms. The van der Waals surface area contributed by atoms with Crippen LogP contribution < -0.4 is 0 Å². The van der Waals surface area contributed by atoms with E-state index in [4.69, 9.17) is 16.7 Å². The summed E-state index contributed by atoms with van der Waals surface area (Å²) in [7, 11) is 1.57. The van der Waals surface area contributed by atoms with Crippen LogP contribution in [0.5, 0.6) is 0 Å². The normalized spacial score (nSPS) is 12.0. The number of aryl methyl sites for hydroxylation is 1. The summed E-state index contributed by atoms with van der Waals surface area (Å²) in [4.78, 5) is 28.4. The third-order valence-corrected chi connectivity index (χ3v) is 2.97. The first kappa shape index (κ1) is 15.4. The minimum atomic E-state index is -0.929. The number of pyridine rings is 1. The Hall–Kier alpha value is -1.62. The summed E-state index contributed by atoms with van der Waals surface area (Å²) in [6.07, 6.45) is 0.677. The van der Waals surface area contributed by atoms with E-state index < -0.39 is 11.9 Å². The van der Waals surface area contributed by atoms with Gasteiger partial charge in [-0.1, -0.05) is 25.4 Å². The minimum absolute atomic E-state index is 0.148. The molecule has 0 saturated carbocycles. The predicted octanol–water partition coefficient (Wildman–Crippen LogP) is 2.09. The van der Waals surface area contributed by atoms with Gasteiger partial charge in [-0.3, -0.25) is 9.59 Å². The summed E-state index contributed by atoms with van der Waals surface area (Å²) in [5.41, 5.74) is 1.16. The molecule has 1 heterocycles. The highest BCUT2D eigenvalue weighted by atomic mass is 35.5. The Morgan fingerprint density at radius 1 is 1.47 bits per heavy atom. The summed E-state index contributed by atoms with van der Waals surface area (Å²) < 4.78 is 0. The molecule has 0 saturated heterocycles. The van der Waals surface area contributed by atoms with Crippen molar-refractivity contribution < 1.29 is 14.7 Å². The van der Waals surface area contributed by atoms with Crippen LogP contribution in [0.25, 0.3) is 0 Å². The topological polar surface area (TPSA) is 70.5 Å². The molecular weight excluding hydrogens is 268 g/mol. The van der Waals surface area contributed by atoms with Gasteiger partial charge in [0.15, 0.2) is 0 Å². The van der Waals surface area contributed by atoms with Gasteiger partial charge in [-0.15, -0.1) is 0 Å².